The molecule has 1 aliphatic rings. The van der Waals surface area contributed by atoms with Crippen molar-refractivity contribution in [3.63, 3.8) is 0 Å². The summed E-state index contributed by atoms with van der Waals surface area (Å²) < 4.78 is 0. The first kappa shape index (κ1) is 18.1. The molecule has 0 saturated carbocycles. The van der Waals surface area contributed by atoms with Gasteiger partial charge in [-0.2, -0.15) is 0 Å². The van der Waals surface area contributed by atoms with E-state index < -0.39 is 0 Å². The topological polar surface area (TPSA) is 66.7 Å². The number of nitro groups is 1. The number of carbonyl (C=O) groups excluding carboxylic acids is 1. The van der Waals surface area contributed by atoms with Crippen molar-refractivity contribution in [3.05, 3.63) is 75.3 Å². The number of aryl methyl sites for hydroxylation is 1. The highest BCUT2D eigenvalue weighted by molar-refractivity contribution is 5.94. The summed E-state index contributed by atoms with van der Waals surface area (Å²) in [5, 5.41) is 10.7. The zero-order chi connectivity index (χ0) is 18.5. The van der Waals surface area contributed by atoms with E-state index in [1.54, 1.807) is 12.1 Å². The number of hydrogen-bond donors (Lipinski definition) is 0. The number of non-ortho nitro benzene ring substituents is 1. The van der Waals surface area contributed by atoms with Crippen LogP contribution in [-0.2, 0) is 6.42 Å². The van der Waals surface area contributed by atoms with Crippen LogP contribution in [0.4, 0.5) is 5.69 Å². The Morgan fingerprint density at radius 3 is 2.19 bits per heavy atom. The maximum absolute atomic E-state index is 12.5. The quantitative estimate of drug-likeness (QED) is 0.612. The van der Waals surface area contributed by atoms with Gasteiger partial charge in [-0.25, -0.2) is 0 Å². The van der Waals surface area contributed by atoms with Crippen LogP contribution in [0.5, 0.6) is 0 Å². The molecular formula is C20H23N3O3. The summed E-state index contributed by atoms with van der Waals surface area (Å²) in [7, 11) is 0. The first-order chi connectivity index (χ1) is 12.5. The van der Waals surface area contributed by atoms with E-state index in [0.717, 1.165) is 55.8 Å². The summed E-state index contributed by atoms with van der Waals surface area (Å²) in [5.41, 5.74) is 3.11. The fraction of sp³-hybridized carbons (Fsp3) is 0.350. The molecule has 1 aliphatic heterocycles. The molecule has 0 radical (unpaired) electrons. The number of amides is 1. The van der Waals surface area contributed by atoms with Gasteiger partial charge in [0.25, 0.3) is 11.6 Å². The van der Waals surface area contributed by atoms with E-state index >= 15 is 0 Å². The van der Waals surface area contributed by atoms with Gasteiger partial charge < -0.3 is 4.90 Å². The predicted octanol–water partition coefficient (Wildman–Crippen LogP) is 2.90. The second-order valence-electron chi connectivity index (χ2n) is 6.67. The van der Waals surface area contributed by atoms with Crippen molar-refractivity contribution in [1.29, 1.82) is 0 Å². The lowest BCUT2D eigenvalue weighted by Gasteiger charge is -2.34. The molecular weight excluding hydrogens is 330 g/mol. The van der Waals surface area contributed by atoms with Gasteiger partial charge >= 0.3 is 0 Å². The predicted molar refractivity (Wildman–Crippen MR) is 100 cm³/mol. The van der Waals surface area contributed by atoms with Gasteiger partial charge in [0, 0.05) is 50.4 Å². The zero-order valence-corrected chi connectivity index (χ0v) is 14.9. The standard InChI is InChI=1S/C20H23N3O3/c1-16-2-6-18(7-3-16)20(24)22-14-12-21(13-15-22)11-10-17-4-8-19(9-5-17)23(25)26/h2-9H,10-15H2,1H3. The normalized spacial score (nSPS) is 15.0. The van der Waals surface area contributed by atoms with Crippen molar-refractivity contribution < 1.29 is 9.72 Å². The molecule has 3 rings (SSSR count). The Kier molecular flexibility index (Phi) is 5.63. The van der Waals surface area contributed by atoms with Gasteiger partial charge in [0.15, 0.2) is 0 Å². The highest BCUT2D eigenvalue weighted by Gasteiger charge is 2.21. The highest BCUT2D eigenvalue weighted by atomic mass is 16.6. The molecule has 0 bridgehead atoms. The third-order valence-electron chi connectivity index (χ3n) is 4.82. The summed E-state index contributed by atoms with van der Waals surface area (Å²) in [5.74, 6) is 0.0972. The molecule has 0 unspecified atom stereocenters. The minimum absolute atomic E-state index is 0.0972. The Bertz CT molecular complexity index is 764. The van der Waals surface area contributed by atoms with Crippen LogP contribution in [-0.4, -0.2) is 53.4 Å². The van der Waals surface area contributed by atoms with Gasteiger partial charge in [0.05, 0.1) is 4.92 Å². The zero-order valence-electron chi connectivity index (χ0n) is 14.9. The number of hydrogen-bond acceptors (Lipinski definition) is 4. The Hall–Kier alpha value is -2.73. The number of carbonyl (C=O) groups is 1. The summed E-state index contributed by atoms with van der Waals surface area (Å²) >= 11 is 0. The van der Waals surface area contributed by atoms with E-state index in [4.69, 9.17) is 0 Å². The van der Waals surface area contributed by atoms with Crippen LogP contribution >= 0.6 is 0 Å². The Balaban J connectivity index is 1.47. The van der Waals surface area contributed by atoms with Gasteiger partial charge in [0.1, 0.15) is 0 Å². The molecule has 136 valence electrons. The third-order valence-corrected chi connectivity index (χ3v) is 4.82. The summed E-state index contributed by atoms with van der Waals surface area (Å²) in [6, 6.07) is 14.4. The van der Waals surface area contributed by atoms with E-state index in [1.165, 1.54) is 0 Å². The van der Waals surface area contributed by atoms with Crippen molar-refractivity contribution in [2.75, 3.05) is 32.7 Å². The van der Waals surface area contributed by atoms with Crippen LogP contribution in [0.25, 0.3) is 0 Å². The second-order valence-corrected chi connectivity index (χ2v) is 6.67. The molecule has 6 nitrogen and oxygen atoms in total. The van der Waals surface area contributed by atoms with E-state index in [0.29, 0.717) is 0 Å². The number of piperazine rings is 1. The van der Waals surface area contributed by atoms with Crippen molar-refractivity contribution in [3.8, 4) is 0 Å². The molecule has 1 fully saturated rings. The average Bonchev–Trinajstić information content (AvgIpc) is 2.67. The summed E-state index contributed by atoms with van der Waals surface area (Å²) in [4.78, 5) is 27.1. The van der Waals surface area contributed by atoms with Crippen molar-refractivity contribution in [2.45, 2.75) is 13.3 Å². The largest absolute Gasteiger partial charge is 0.336 e. The van der Waals surface area contributed by atoms with Gasteiger partial charge in [-0.1, -0.05) is 29.8 Å². The molecule has 0 N–H and O–H groups in total. The minimum atomic E-state index is -0.381. The second kappa shape index (κ2) is 8.10. The lowest BCUT2D eigenvalue weighted by atomic mass is 10.1. The maximum atomic E-state index is 12.5. The number of nitro benzene ring substituents is 1. The van der Waals surface area contributed by atoms with Crippen LogP contribution in [0.1, 0.15) is 21.5 Å². The minimum Gasteiger partial charge on any atom is -0.336 e. The molecule has 0 aromatic heterocycles. The van der Waals surface area contributed by atoms with Crippen molar-refractivity contribution >= 4 is 11.6 Å². The Labute approximate surface area is 153 Å². The third kappa shape index (κ3) is 4.46. The lowest BCUT2D eigenvalue weighted by molar-refractivity contribution is -0.384. The number of benzene rings is 2. The fourth-order valence-corrected chi connectivity index (χ4v) is 3.12. The van der Waals surface area contributed by atoms with Gasteiger partial charge in [-0.05, 0) is 31.0 Å². The molecule has 6 heteroatoms. The molecule has 2 aromatic carbocycles. The summed E-state index contributed by atoms with van der Waals surface area (Å²) in [6.07, 6.45) is 0.851. The van der Waals surface area contributed by atoms with Gasteiger partial charge in [-0.15, -0.1) is 0 Å². The van der Waals surface area contributed by atoms with Crippen LogP contribution in [0.15, 0.2) is 48.5 Å². The molecule has 1 amide bonds. The smallest absolute Gasteiger partial charge is 0.269 e. The number of rotatable bonds is 5. The molecule has 2 aromatic rings. The van der Waals surface area contributed by atoms with Gasteiger partial charge in [0.2, 0.25) is 0 Å². The Morgan fingerprint density at radius 1 is 1.00 bits per heavy atom. The average molecular weight is 353 g/mol. The SMILES string of the molecule is Cc1ccc(C(=O)N2CCN(CCc3ccc([N+](=O)[O-])cc3)CC2)cc1. The molecule has 26 heavy (non-hydrogen) atoms. The van der Waals surface area contributed by atoms with Crippen LogP contribution < -0.4 is 0 Å². The van der Waals surface area contributed by atoms with Crippen LogP contribution in [0.2, 0.25) is 0 Å². The fourth-order valence-electron chi connectivity index (χ4n) is 3.12. The lowest BCUT2D eigenvalue weighted by Crippen LogP contribution is -2.49. The molecule has 1 saturated heterocycles. The molecule has 1 heterocycles. The maximum Gasteiger partial charge on any atom is 0.269 e. The molecule has 0 aliphatic carbocycles. The van der Waals surface area contributed by atoms with E-state index in [1.807, 2.05) is 48.2 Å². The monoisotopic (exact) mass is 353 g/mol. The van der Waals surface area contributed by atoms with Crippen molar-refractivity contribution in [1.82, 2.24) is 9.80 Å². The first-order valence-electron chi connectivity index (χ1n) is 8.84. The highest BCUT2D eigenvalue weighted by Crippen LogP contribution is 2.14. The van der Waals surface area contributed by atoms with E-state index in [-0.39, 0.29) is 16.5 Å². The van der Waals surface area contributed by atoms with Crippen LogP contribution in [0, 0.1) is 17.0 Å². The Morgan fingerprint density at radius 2 is 1.62 bits per heavy atom. The van der Waals surface area contributed by atoms with E-state index in [9.17, 15) is 14.9 Å². The number of nitrogens with zero attached hydrogens (tertiary/aromatic N) is 3. The van der Waals surface area contributed by atoms with Crippen molar-refractivity contribution in [2.24, 2.45) is 0 Å². The van der Waals surface area contributed by atoms with Gasteiger partial charge in [-0.3, -0.25) is 19.8 Å². The summed E-state index contributed by atoms with van der Waals surface area (Å²) in [6.45, 7) is 6.07. The van der Waals surface area contributed by atoms with Crippen LogP contribution in [0.3, 0.4) is 0 Å². The molecule has 0 spiro atoms. The first-order valence-corrected chi connectivity index (χ1v) is 8.84. The van der Waals surface area contributed by atoms with E-state index in [2.05, 4.69) is 4.90 Å². The molecule has 0 atom stereocenters.